The Morgan fingerprint density at radius 3 is 2.52 bits per heavy atom. The normalized spacial score (nSPS) is 14.2. The number of nitrogens with zero attached hydrogens (tertiary/aromatic N) is 4. The van der Waals surface area contributed by atoms with Crippen molar-refractivity contribution < 1.29 is 14.0 Å². The lowest BCUT2D eigenvalue weighted by molar-refractivity contribution is -0.133. The minimum absolute atomic E-state index is 0.0573. The fourth-order valence-corrected chi connectivity index (χ4v) is 3.94. The van der Waals surface area contributed by atoms with Gasteiger partial charge < -0.3 is 9.80 Å². The number of rotatable bonds is 3. The molecule has 7 nitrogen and oxygen atoms in total. The van der Waals surface area contributed by atoms with Crippen LogP contribution in [0.1, 0.15) is 15.9 Å². The first-order valence-electron chi connectivity index (χ1n) is 9.82. The SMILES string of the molecule is Cc1cccc2c(=O)n(CC(=O)N3CCN(C(=O)c4ccc(F)cc4Cl)CC3)cnc12. The van der Waals surface area contributed by atoms with Crippen molar-refractivity contribution in [3.05, 3.63) is 75.0 Å². The molecule has 0 bridgehead atoms. The smallest absolute Gasteiger partial charge is 0.261 e. The topological polar surface area (TPSA) is 75.5 Å². The standard InChI is InChI=1S/C22H20ClFN4O3/c1-14-3-2-4-17-20(14)25-13-28(22(17)31)12-19(29)26-7-9-27(10-8-26)21(30)16-6-5-15(24)11-18(16)23/h2-6,11,13H,7-10,12H2,1H3. The molecule has 4 rings (SSSR count). The molecule has 160 valence electrons. The fraction of sp³-hybridized carbons (Fsp3) is 0.273. The summed E-state index contributed by atoms with van der Waals surface area (Å²) in [5.41, 5.74) is 1.49. The summed E-state index contributed by atoms with van der Waals surface area (Å²) >= 11 is 5.99. The third-order valence-electron chi connectivity index (χ3n) is 5.44. The zero-order valence-electron chi connectivity index (χ0n) is 16.8. The van der Waals surface area contributed by atoms with Crippen molar-refractivity contribution in [1.82, 2.24) is 19.4 Å². The molecule has 9 heteroatoms. The van der Waals surface area contributed by atoms with Crippen LogP contribution in [-0.2, 0) is 11.3 Å². The number of hydrogen-bond donors (Lipinski definition) is 0. The molecule has 0 aliphatic carbocycles. The summed E-state index contributed by atoms with van der Waals surface area (Å²) in [6, 6.07) is 9.02. The summed E-state index contributed by atoms with van der Waals surface area (Å²) in [7, 11) is 0. The highest BCUT2D eigenvalue weighted by atomic mass is 35.5. The van der Waals surface area contributed by atoms with Gasteiger partial charge in [-0.2, -0.15) is 0 Å². The number of piperazine rings is 1. The van der Waals surface area contributed by atoms with E-state index in [1.54, 1.807) is 21.9 Å². The van der Waals surface area contributed by atoms with Crippen molar-refractivity contribution in [3.8, 4) is 0 Å². The second-order valence-corrected chi connectivity index (χ2v) is 7.85. The molecule has 1 aliphatic rings. The van der Waals surface area contributed by atoms with Gasteiger partial charge in [-0.1, -0.05) is 23.7 Å². The number of halogens is 2. The fourth-order valence-electron chi connectivity index (χ4n) is 3.69. The quantitative estimate of drug-likeness (QED) is 0.624. The first-order chi connectivity index (χ1) is 14.8. The highest BCUT2D eigenvalue weighted by molar-refractivity contribution is 6.33. The molecule has 1 saturated heterocycles. The van der Waals surface area contributed by atoms with Gasteiger partial charge in [0.15, 0.2) is 0 Å². The predicted molar refractivity (Wildman–Crippen MR) is 115 cm³/mol. The molecule has 1 aromatic heterocycles. The predicted octanol–water partition coefficient (Wildman–Crippen LogP) is 2.48. The van der Waals surface area contributed by atoms with E-state index in [1.807, 2.05) is 13.0 Å². The minimum Gasteiger partial charge on any atom is -0.338 e. The van der Waals surface area contributed by atoms with Crippen molar-refractivity contribution in [2.45, 2.75) is 13.5 Å². The van der Waals surface area contributed by atoms with Crippen LogP contribution in [0.15, 0.2) is 47.5 Å². The Bertz CT molecular complexity index is 1240. The van der Waals surface area contributed by atoms with Gasteiger partial charge in [0.2, 0.25) is 5.91 Å². The van der Waals surface area contributed by atoms with Gasteiger partial charge in [0.25, 0.3) is 11.5 Å². The highest BCUT2D eigenvalue weighted by Gasteiger charge is 2.26. The molecule has 3 aromatic rings. The van der Waals surface area contributed by atoms with Crippen LogP contribution >= 0.6 is 11.6 Å². The van der Waals surface area contributed by atoms with Crippen molar-refractivity contribution in [2.75, 3.05) is 26.2 Å². The monoisotopic (exact) mass is 442 g/mol. The van der Waals surface area contributed by atoms with E-state index < -0.39 is 5.82 Å². The number of aromatic nitrogens is 2. The molecule has 2 amide bonds. The number of fused-ring (bicyclic) bond motifs is 1. The number of carbonyl (C=O) groups excluding carboxylic acids is 2. The number of aryl methyl sites for hydroxylation is 1. The first-order valence-corrected chi connectivity index (χ1v) is 10.2. The van der Waals surface area contributed by atoms with Gasteiger partial charge in [-0.25, -0.2) is 9.37 Å². The molecule has 0 saturated carbocycles. The van der Waals surface area contributed by atoms with Crippen LogP contribution in [0.25, 0.3) is 10.9 Å². The van der Waals surface area contributed by atoms with Gasteiger partial charge in [0.05, 0.1) is 27.8 Å². The molecule has 0 radical (unpaired) electrons. The molecule has 0 spiro atoms. The van der Waals surface area contributed by atoms with Gasteiger partial charge in [-0.3, -0.25) is 19.0 Å². The maximum absolute atomic E-state index is 13.2. The van der Waals surface area contributed by atoms with Crippen LogP contribution in [0.3, 0.4) is 0 Å². The van der Waals surface area contributed by atoms with Crippen LogP contribution in [0.4, 0.5) is 4.39 Å². The molecule has 2 heterocycles. The van der Waals surface area contributed by atoms with Crippen LogP contribution in [0.2, 0.25) is 5.02 Å². The van der Waals surface area contributed by atoms with E-state index in [4.69, 9.17) is 11.6 Å². The Balaban J connectivity index is 1.42. The number of amides is 2. The highest BCUT2D eigenvalue weighted by Crippen LogP contribution is 2.20. The molecule has 0 atom stereocenters. The molecule has 31 heavy (non-hydrogen) atoms. The van der Waals surface area contributed by atoms with Gasteiger partial charge >= 0.3 is 0 Å². The third-order valence-corrected chi connectivity index (χ3v) is 5.75. The number of hydrogen-bond acceptors (Lipinski definition) is 4. The van der Waals surface area contributed by atoms with Gasteiger partial charge in [0, 0.05) is 26.2 Å². The van der Waals surface area contributed by atoms with Gasteiger partial charge in [-0.05, 0) is 36.8 Å². The van der Waals surface area contributed by atoms with Gasteiger partial charge in [-0.15, -0.1) is 0 Å². The maximum atomic E-state index is 13.2. The Kier molecular flexibility index (Phi) is 5.73. The van der Waals surface area contributed by atoms with E-state index in [0.717, 1.165) is 11.6 Å². The number of carbonyl (C=O) groups is 2. The zero-order chi connectivity index (χ0) is 22.1. The maximum Gasteiger partial charge on any atom is 0.261 e. The largest absolute Gasteiger partial charge is 0.338 e. The van der Waals surface area contributed by atoms with Crippen molar-refractivity contribution in [1.29, 1.82) is 0 Å². The number of benzene rings is 2. The summed E-state index contributed by atoms with van der Waals surface area (Å²) in [6.07, 6.45) is 1.39. The average Bonchev–Trinajstić information content (AvgIpc) is 2.76. The Morgan fingerprint density at radius 2 is 1.81 bits per heavy atom. The summed E-state index contributed by atoms with van der Waals surface area (Å²) in [5, 5.41) is 0.531. The lowest BCUT2D eigenvalue weighted by Gasteiger charge is -2.35. The van der Waals surface area contributed by atoms with Crippen LogP contribution in [0, 0.1) is 12.7 Å². The van der Waals surface area contributed by atoms with E-state index >= 15 is 0 Å². The van der Waals surface area contributed by atoms with Crippen molar-refractivity contribution in [2.24, 2.45) is 0 Å². The molecule has 1 aliphatic heterocycles. The lowest BCUT2D eigenvalue weighted by Crippen LogP contribution is -2.51. The van der Waals surface area contributed by atoms with E-state index in [2.05, 4.69) is 4.98 Å². The number of para-hydroxylation sites is 1. The summed E-state index contributed by atoms with van der Waals surface area (Å²) < 4.78 is 14.5. The molecule has 2 aromatic carbocycles. The summed E-state index contributed by atoms with van der Waals surface area (Å²) in [6.45, 7) is 3.07. The van der Waals surface area contributed by atoms with E-state index in [0.29, 0.717) is 37.1 Å². The minimum atomic E-state index is -0.509. The van der Waals surface area contributed by atoms with E-state index in [9.17, 15) is 18.8 Å². The molecule has 0 unspecified atom stereocenters. The average molecular weight is 443 g/mol. The molecule has 0 N–H and O–H groups in total. The second kappa shape index (κ2) is 8.47. The third kappa shape index (κ3) is 4.16. The summed E-state index contributed by atoms with van der Waals surface area (Å²) in [4.78, 5) is 45.6. The Hall–Kier alpha value is -3.26. The Labute approximate surface area is 182 Å². The van der Waals surface area contributed by atoms with E-state index in [-0.39, 0.29) is 34.5 Å². The van der Waals surface area contributed by atoms with Crippen LogP contribution < -0.4 is 5.56 Å². The second-order valence-electron chi connectivity index (χ2n) is 7.45. The molecule has 1 fully saturated rings. The Morgan fingerprint density at radius 1 is 1.10 bits per heavy atom. The lowest BCUT2D eigenvalue weighted by atomic mass is 10.1. The van der Waals surface area contributed by atoms with Gasteiger partial charge in [0.1, 0.15) is 12.4 Å². The van der Waals surface area contributed by atoms with Crippen molar-refractivity contribution >= 4 is 34.3 Å². The van der Waals surface area contributed by atoms with Crippen molar-refractivity contribution in [3.63, 3.8) is 0 Å². The van der Waals surface area contributed by atoms with Crippen LogP contribution in [0.5, 0.6) is 0 Å². The molecular weight excluding hydrogens is 423 g/mol. The summed E-state index contributed by atoms with van der Waals surface area (Å²) in [5.74, 6) is -1.03. The first kappa shape index (κ1) is 21.0. The molecular formula is C22H20ClFN4O3. The zero-order valence-corrected chi connectivity index (χ0v) is 17.6. The van der Waals surface area contributed by atoms with Crippen LogP contribution in [-0.4, -0.2) is 57.3 Å². The van der Waals surface area contributed by atoms with E-state index in [1.165, 1.54) is 23.0 Å².